The molecule has 0 radical (unpaired) electrons. The average Bonchev–Trinajstić information content (AvgIpc) is 3.13. The smallest absolute Gasteiger partial charge is 0.335 e. The van der Waals surface area contributed by atoms with Crippen molar-refractivity contribution in [2.75, 3.05) is 4.90 Å². The summed E-state index contributed by atoms with van der Waals surface area (Å²) in [6.45, 7) is 0. The molecule has 1 aromatic heterocycles. The van der Waals surface area contributed by atoms with Gasteiger partial charge in [0.15, 0.2) is 5.09 Å². The highest BCUT2D eigenvalue weighted by Crippen LogP contribution is 2.30. The first-order valence-electron chi connectivity index (χ1n) is 8.51. The topological polar surface area (TPSA) is 79.6 Å². The van der Waals surface area contributed by atoms with E-state index in [-0.39, 0.29) is 17.0 Å². The van der Waals surface area contributed by atoms with E-state index in [0.717, 1.165) is 11.0 Å². The van der Waals surface area contributed by atoms with Crippen LogP contribution in [0.4, 0.5) is 14.9 Å². The third-order valence-electron chi connectivity index (χ3n) is 4.02. The molecule has 1 N–H and O–H groups in total. The van der Waals surface area contributed by atoms with Gasteiger partial charge in [0.2, 0.25) is 0 Å². The quantitative estimate of drug-likeness (QED) is 0.516. The summed E-state index contributed by atoms with van der Waals surface area (Å²) in [5, 5.41) is 2.66. The van der Waals surface area contributed by atoms with Gasteiger partial charge in [-0.15, -0.1) is 0 Å². The van der Waals surface area contributed by atoms with E-state index in [1.54, 1.807) is 12.1 Å². The number of benzene rings is 2. The number of hydrogen-bond donors (Lipinski definition) is 1. The number of carbonyl (C=O) groups is 3. The highest BCUT2D eigenvalue weighted by atomic mass is 32.2. The van der Waals surface area contributed by atoms with E-state index in [2.05, 4.69) is 5.32 Å². The van der Waals surface area contributed by atoms with Crippen LogP contribution in [0.3, 0.4) is 0 Å². The molecule has 4 rings (SSSR count). The molecule has 0 spiro atoms. The number of anilines is 1. The Morgan fingerprint density at radius 2 is 1.76 bits per heavy atom. The molecule has 6 nitrogen and oxygen atoms in total. The van der Waals surface area contributed by atoms with Crippen LogP contribution < -0.4 is 10.2 Å². The van der Waals surface area contributed by atoms with Crippen LogP contribution >= 0.6 is 11.8 Å². The summed E-state index contributed by atoms with van der Waals surface area (Å²) in [6.07, 6.45) is 1.26. The third-order valence-corrected chi connectivity index (χ3v) is 4.95. The molecule has 2 heterocycles. The molecule has 1 saturated heterocycles. The van der Waals surface area contributed by atoms with Crippen molar-refractivity contribution in [2.45, 2.75) is 9.99 Å². The van der Waals surface area contributed by atoms with E-state index in [4.69, 9.17) is 4.42 Å². The summed E-state index contributed by atoms with van der Waals surface area (Å²) in [7, 11) is 0. The van der Waals surface area contributed by atoms with Crippen molar-refractivity contribution in [3.05, 3.63) is 83.9 Å². The van der Waals surface area contributed by atoms with Gasteiger partial charge >= 0.3 is 6.03 Å². The van der Waals surface area contributed by atoms with Crippen molar-refractivity contribution in [3.63, 3.8) is 0 Å². The van der Waals surface area contributed by atoms with Crippen molar-refractivity contribution >= 4 is 41.4 Å². The zero-order valence-corrected chi connectivity index (χ0v) is 15.6. The lowest BCUT2D eigenvalue weighted by Crippen LogP contribution is -2.54. The molecule has 4 amide bonds. The molecule has 1 aliphatic heterocycles. The van der Waals surface area contributed by atoms with Crippen LogP contribution in [-0.4, -0.2) is 17.8 Å². The lowest BCUT2D eigenvalue weighted by atomic mass is 10.1. The van der Waals surface area contributed by atoms with E-state index < -0.39 is 23.7 Å². The summed E-state index contributed by atoms with van der Waals surface area (Å²) >= 11 is 1.38. The Bertz CT molecular complexity index is 1140. The molecular weight excluding hydrogens is 395 g/mol. The number of furan rings is 1. The molecule has 3 aromatic rings. The van der Waals surface area contributed by atoms with Gasteiger partial charge in [-0.25, -0.2) is 14.1 Å². The maximum atomic E-state index is 13.5. The van der Waals surface area contributed by atoms with Crippen LogP contribution in [0.5, 0.6) is 0 Å². The Labute approximate surface area is 169 Å². The third kappa shape index (κ3) is 3.97. The molecule has 8 heteroatoms. The summed E-state index contributed by atoms with van der Waals surface area (Å²) < 4.78 is 19.2. The van der Waals surface area contributed by atoms with E-state index >= 15 is 0 Å². The van der Waals surface area contributed by atoms with E-state index in [1.807, 2.05) is 30.3 Å². The number of urea groups is 1. The molecule has 144 valence electrons. The first-order valence-corrected chi connectivity index (χ1v) is 9.33. The van der Waals surface area contributed by atoms with Gasteiger partial charge in [0.25, 0.3) is 11.8 Å². The summed E-state index contributed by atoms with van der Waals surface area (Å²) in [6, 6.07) is 16.9. The lowest BCUT2D eigenvalue weighted by molar-refractivity contribution is -0.122. The number of nitrogens with one attached hydrogen (secondary N) is 1. The minimum Gasteiger partial charge on any atom is -0.450 e. The number of amides is 4. The van der Waals surface area contributed by atoms with Crippen LogP contribution in [0.2, 0.25) is 0 Å². The first-order chi connectivity index (χ1) is 14.0. The van der Waals surface area contributed by atoms with E-state index in [9.17, 15) is 18.8 Å². The number of halogens is 1. The van der Waals surface area contributed by atoms with Gasteiger partial charge in [0, 0.05) is 4.90 Å². The van der Waals surface area contributed by atoms with E-state index in [1.165, 1.54) is 36.0 Å². The SMILES string of the molecule is O=C1NC(=O)N(c2cccc(F)c2)C(=O)C1=Cc1ccc(Sc2ccccc2)o1. The van der Waals surface area contributed by atoms with Gasteiger partial charge in [0.1, 0.15) is 17.2 Å². The second-order valence-electron chi connectivity index (χ2n) is 6.01. The first kappa shape index (κ1) is 18.7. The minimum absolute atomic E-state index is 0.0191. The minimum atomic E-state index is -0.942. The summed E-state index contributed by atoms with van der Waals surface area (Å²) in [5.74, 6) is -2.05. The van der Waals surface area contributed by atoms with Gasteiger partial charge in [-0.1, -0.05) is 36.0 Å². The summed E-state index contributed by atoms with van der Waals surface area (Å²) in [5.41, 5.74) is -0.273. The predicted octanol–water partition coefficient (Wildman–Crippen LogP) is 4.24. The Morgan fingerprint density at radius 3 is 2.52 bits per heavy atom. The van der Waals surface area contributed by atoms with Crippen LogP contribution in [-0.2, 0) is 9.59 Å². The number of nitrogens with zero attached hydrogens (tertiary/aromatic N) is 1. The zero-order valence-electron chi connectivity index (χ0n) is 14.8. The van der Waals surface area contributed by atoms with Gasteiger partial charge in [0.05, 0.1) is 5.69 Å². The monoisotopic (exact) mass is 408 g/mol. The standard InChI is InChI=1S/C21H13FN2O4S/c22-13-5-4-6-14(11-13)24-20(26)17(19(25)23-21(24)27)12-15-9-10-18(28-15)29-16-7-2-1-3-8-16/h1-12H,(H,23,25,27). The molecule has 29 heavy (non-hydrogen) atoms. The number of barbiturate groups is 1. The normalized spacial score (nSPS) is 15.7. The number of rotatable bonds is 4. The molecule has 1 aliphatic rings. The van der Waals surface area contributed by atoms with Gasteiger partial charge in [-0.05, 0) is 48.5 Å². The number of imide groups is 2. The Morgan fingerprint density at radius 1 is 0.966 bits per heavy atom. The second kappa shape index (κ2) is 7.76. The molecule has 0 aliphatic carbocycles. The molecule has 1 fully saturated rings. The van der Waals surface area contributed by atoms with Gasteiger partial charge in [-0.3, -0.25) is 14.9 Å². The Balaban J connectivity index is 1.61. The average molecular weight is 408 g/mol. The Hall–Kier alpha value is -3.65. The van der Waals surface area contributed by atoms with Crippen molar-refractivity contribution in [3.8, 4) is 0 Å². The fourth-order valence-corrected chi connectivity index (χ4v) is 3.52. The molecule has 0 unspecified atom stereocenters. The fraction of sp³-hybridized carbons (Fsp3) is 0. The van der Waals surface area contributed by atoms with Crippen LogP contribution in [0.15, 0.2) is 86.7 Å². The second-order valence-corrected chi connectivity index (χ2v) is 7.09. The van der Waals surface area contributed by atoms with Crippen LogP contribution in [0.25, 0.3) is 6.08 Å². The maximum absolute atomic E-state index is 13.5. The zero-order chi connectivity index (χ0) is 20.4. The Kier molecular flexibility index (Phi) is 5.01. The largest absolute Gasteiger partial charge is 0.450 e. The predicted molar refractivity (Wildman–Crippen MR) is 105 cm³/mol. The van der Waals surface area contributed by atoms with Crippen LogP contribution in [0.1, 0.15) is 5.76 Å². The van der Waals surface area contributed by atoms with Gasteiger partial charge < -0.3 is 4.42 Å². The van der Waals surface area contributed by atoms with Gasteiger partial charge in [-0.2, -0.15) is 0 Å². The molecule has 0 bridgehead atoms. The lowest BCUT2D eigenvalue weighted by Gasteiger charge is -2.26. The van der Waals surface area contributed by atoms with Crippen molar-refractivity contribution < 1.29 is 23.2 Å². The number of hydrogen-bond acceptors (Lipinski definition) is 5. The molecule has 2 aromatic carbocycles. The van der Waals surface area contributed by atoms with Crippen molar-refractivity contribution in [1.82, 2.24) is 5.32 Å². The molecular formula is C21H13FN2O4S. The molecule has 0 atom stereocenters. The van der Waals surface area contributed by atoms with E-state index in [0.29, 0.717) is 9.99 Å². The van der Waals surface area contributed by atoms with Crippen molar-refractivity contribution in [2.24, 2.45) is 0 Å². The van der Waals surface area contributed by atoms with Crippen LogP contribution in [0, 0.1) is 5.82 Å². The summed E-state index contributed by atoms with van der Waals surface area (Å²) in [4.78, 5) is 38.8. The maximum Gasteiger partial charge on any atom is 0.335 e. The highest BCUT2D eigenvalue weighted by Gasteiger charge is 2.37. The fourth-order valence-electron chi connectivity index (χ4n) is 2.72. The van der Waals surface area contributed by atoms with Crippen molar-refractivity contribution in [1.29, 1.82) is 0 Å². The molecule has 0 saturated carbocycles. The number of carbonyl (C=O) groups excluding carboxylic acids is 3. The highest BCUT2D eigenvalue weighted by molar-refractivity contribution is 7.99.